The zero-order valence-electron chi connectivity index (χ0n) is 16.2. The van der Waals surface area contributed by atoms with Crippen molar-refractivity contribution in [2.75, 3.05) is 11.9 Å². The molecule has 5 nitrogen and oxygen atoms in total. The van der Waals surface area contributed by atoms with Gasteiger partial charge in [-0.3, -0.25) is 4.79 Å². The molecule has 0 heterocycles. The standard InChI is InChI=1S/C21H15BrCl4N2O3S/c22-14-2-5-19(6-3-14)32(30,31)28(11-13-1-4-15(23)10-20(13)26)12-21(29)27-18-8-16(24)7-17(25)9-18/h1-10H,11-12H2,(H,27,29). The third-order valence-electron chi connectivity index (χ3n) is 4.28. The van der Waals surface area contributed by atoms with Crippen LogP contribution < -0.4 is 5.32 Å². The summed E-state index contributed by atoms with van der Waals surface area (Å²) in [6.07, 6.45) is 0. The lowest BCUT2D eigenvalue weighted by Crippen LogP contribution is -2.37. The quantitative estimate of drug-likeness (QED) is 0.323. The summed E-state index contributed by atoms with van der Waals surface area (Å²) in [4.78, 5) is 12.8. The second-order valence-electron chi connectivity index (χ2n) is 6.67. The molecule has 168 valence electrons. The number of rotatable bonds is 7. The van der Waals surface area contributed by atoms with Gasteiger partial charge in [0.15, 0.2) is 0 Å². The molecule has 0 unspecified atom stereocenters. The Balaban J connectivity index is 1.92. The van der Waals surface area contributed by atoms with Gasteiger partial charge in [0.1, 0.15) is 0 Å². The van der Waals surface area contributed by atoms with Gasteiger partial charge in [0.25, 0.3) is 0 Å². The smallest absolute Gasteiger partial charge is 0.243 e. The van der Waals surface area contributed by atoms with E-state index in [-0.39, 0.29) is 16.5 Å². The molecule has 0 radical (unpaired) electrons. The lowest BCUT2D eigenvalue weighted by Gasteiger charge is -2.22. The van der Waals surface area contributed by atoms with Crippen molar-refractivity contribution >= 4 is 84.0 Å². The number of hydrogen-bond donors (Lipinski definition) is 1. The molecule has 3 aromatic carbocycles. The molecular weight excluding hydrogens is 582 g/mol. The number of halogens is 5. The summed E-state index contributed by atoms with van der Waals surface area (Å²) < 4.78 is 28.4. The molecule has 1 amide bonds. The van der Waals surface area contributed by atoms with Gasteiger partial charge in [0.2, 0.25) is 15.9 Å². The molecule has 3 aromatic rings. The van der Waals surface area contributed by atoms with E-state index in [9.17, 15) is 13.2 Å². The van der Waals surface area contributed by atoms with Crippen LogP contribution in [0.5, 0.6) is 0 Å². The lowest BCUT2D eigenvalue weighted by molar-refractivity contribution is -0.116. The van der Waals surface area contributed by atoms with E-state index < -0.39 is 22.5 Å². The molecule has 0 aliphatic heterocycles. The van der Waals surface area contributed by atoms with Crippen molar-refractivity contribution < 1.29 is 13.2 Å². The number of nitrogens with one attached hydrogen (secondary N) is 1. The van der Waals surface area contributed by atoms with Crippen LogP contribution in [0.1, 0.15) is 5.56 Å². The Hall–Kier alpha value is -1.32. The summed E-state index contributed by atoms with van der Waals surface area (Å²) in [7, 11) is -4.04. The molecule has 0 saturated carbocycles. The van der Waals surface area contributed by atoms with Crippen LogP contribution >= 0.6 is 62.3 Å². The first kappa shape index (κ1) is 25.3. The molecule has 0 aliphatic rings. The Morgan fingerprint density at radius 2 is 1.50 bits per heavy atom. The van der Waals surface area contributed by atoms with Crippen molar-refractivity contribution in [3.63, 3.8) is 0 Å². The van der Waals surface area contributed by atoms with Gasteiger partial charge in [-0.2, -0.15) is 4.31 Å². The Labute approximate surface area is 214 Å². The Kier molecular flexibility index (Phi) is 8.49. The highest BCUT2D eigenvalue weighted by Crippen LogP contribution is 2.27. The molecule has 0 bridgehead atoms. The fourth-order valence-corrected chi connectivity index (χ4v) is 5.44. The van der Waals surface area contributed by atoms with Crippen molar-refractivity contribution in [1.29, 1.82) is 0 Å². The van der Waals surface area contributed by atoms with Crippen LogP contribution in [-0.2, 0) is 21.4 Å². The number of anilines is 1. The topological polar surface area (TPSA) is 66.5 Å². The predicted octanol–water partition coefficient (Wildman–Crippen LogP) is 6.89. The summed E-state index contributed by atoms with van der Waals surface area (Å²) in [6.45, 7) is -0.612. The zero-order valence-corrected chi connectivity index (χ0v) is 21.6. The van der Waals surface area contributed by atoms with Gasteiger partial charge in [-0.25, -0.2) is 8.42 Å². The van der Waals surface area contributed by atoms with Crippen LogP contribution in [-0.4, -0.2) is 25.2 Å². The Bertz CT molecular complexity index is 1230. The van der Waals surface area contributed by atoms with E-state index in [0.717, 1.165) is 8.78 Å². The Morgan fingerprint density at radius 1 is 0.875 bits per heavy atom. The molecule has 0 fully saturated rings. The molecule has 32 heavy (non-hydrogen) atoms. The van der Waals surface area contributed by atoms with Crippen molar-refractivity contribution in [2.24, 2.45) is 0 Å². The molecule has 0 aromatic heterocycles. The highest BCUT2D eigenvalue weighted by molar-refractivity contribution is 9.10. The van der Waals surface area contributed by atoms with E-state index in [1.165, 1.54) is 36.4 Å². The first-order valence-electron chi connectivity index (χ1n) is 9.00. The maximum atomic E-state index is 13.3. The van der Waals surface area contributed by atoms with Crippen molar-refractivity contribution in [3.8, 4) is 0 Å². The van der Waals surface area contributed by atoms with E-state index in [0.29, 0.717) is 26.3 Å². The number of amides is 1. The highest BCUT2D eigenvalue weighted by Gasteiger charge is 2.27. The van der Waals surface area contributed by atoms with Crippen LogP contribution in [0, 0.1) is 0 Å². The van der Waals surface area contributed by atoms with Crippen molar-refractivity contribution in [2.45, 2.75) is 11.4 Å². The molecule has 0 atom stereocenters. The molecule has 3 rings (SSSR count). The van der Waals surface area contributed by atoms with E-state index in [2.05, 4.69) is 21.2 Å². The second-order valence-corrected chi connectivity index (χ2v) is 11.2. The van der Waals surface area contributed by atoms with E-state index in [4.69, 9.17) is 46.4 Å². The molecule has 0 aliphatic carbocycles. The average Bonchev–Trinajstić information content (AvgIpc) is 2.68. The molecule has 0 spiro atoms. The minimum atomic E-state index is -4.04. The number of nitrogens with zero attached hydrogens (tertiary/aromatic N) is 1. The second kappa shape index (κ2) is 10.7. The van der Waals surface area contributed by atoms with Gasteiger partial charge < -0.3 is 5.32 Å². The van der Waals surface area contributed by atoms with Crippen LogP contribution in [0.4, 0.5) is 5.69 Å². The largest absolute Gasteiger partial charge is 0.325 e. The number of benzene rings is 3. The van der Waals surface area contributed by atoms with Crippen LogP contribution in [0.25, 0.3) is 0 Å². The lowest BCUT2D eigenvalue weighted by atomic mass is 10.2. The maximum Gasteiger partial charge on any atom is 0.243 e. The summed E-state index contributed by atoms with van der Waals surface area (Å²) in [5, 5.41) is 3.99. The Morgan fingerprint density at radius 3 is 2.09 bits per heavy atom. The highest BCUT2D eigenvalue weighted by atomic mass is 79.9. The zero-order chi connectivity index (χ0) is 23.5. The third kappa shape index (κ3) is 6.60. The normalized spacial score (nSPS) is 11.6. The van der Waals surface area contributed by atoms with Crippen LogP contribution in [0.3, 0.4) is 0 Å². The molecular formula is C21H15BrCl4N2O3S. The summed E-state index contributed by atoms with van der Waals surface area (Å²) in [6, 6.07) is 15.4. The number of carbonyl (C=O) groups excluding carboxylic acids is 1. The summed E-state index contributed by atoms with van der Waals surface area (Å²) >= 11 is 27.4. The van der Waals surface area contributed by atoms with Gasteiger partial charge in [-0.15, -0.1) is 0 Å². The van der Waals surface area contributed by atoms with Crippen molar-refractivity contribution in [1.82, 2.24) is 4.31 Å². The number of hydrogen-bond acceptors (Lipinski definition) is 3. The first-order valence-corrected chi connectivity index (χ1v) is 12.7. The van der Waals surface area contributed by atoms with Gasteiger partial charge in [-0.05, 0) is 60.2 Å². The van der Waals surface area contributed by atoms with Gasteiger partial charge in [0, 0.05) is 36.8 Å². The third-order valence-corrected chi connectivity index (χ3v) is 7.64. The molecule has 1 N–H and O–H groups in total. The van der Waals surface area contributed by atoms with E-state index in [1.54, 1.807) is 24.3 Å². The average molecular weight is 597 g/mol. The molecule has 0 saturated heterocycles. The van der Waals surface area contributed by atoms with Crippen LogP contribution in [0.2, 0.25) is 20.1 Å². The predicted molar refractivity (Wildman–Crippen MR) is 133 cm³/mol. The fraction of sp³-hybridized carbons (Fsp3) is 0.0952. The minimum Gasteiger partial charge on any atom is -0.325 e. The number of sulfonamides is 1. The minimum absolute atomic E-state index is 0.0318. The van der Waals surface area contributed by atoms with Crippen LogP contribution in [0.15, 0.2) is 70.0 Å². The van der Waals surface area contributed by atoms with Gasteiger partial charge in [0.05, 0.1) is 11.4 Å². The monoisotopic (exact) mass is 594 g/mol. The van der Waals surface area contributed by atoms with Gasteiger partial charge in [-0.1, -0.05) is 68.4 Å². The molecule has 11 heteroatoms. The fourth-order valence-electron chi connectivity index (χ4n) is 2.81. The SMILES string of the molecule is O=C(CN(Cc1ccc(Cl)cc1Cl)S(=O)(=O)c1ccc(Br)cc1)Nc1cc(Cl)cc(Cl)c1. The van der Waals surface area contributed by atoms with E-state index in [1.807, 2.05) is 0 Å². The maximum absolute atomic E-state index is 13.3. The van der Waals surface area contributed by atoms with Crippen molar-refractivity contribution in [3.05, 3.63) is 90.8 Å². The first-order chi connectivity index (χ1) is 15.0. The van der Waals surface area contributed by atoms with Gasteiger partial charge >= 0.3 is 0 Å². The number of carbonyl (C=O) groups is 1. The summed E-state index contributed by atoms with van der Waals surface area (Å²) in [5.41, 5.74) is 0.841. The summed E-state index contributed by atoms with van der Waals surface area (Å²) in [5.74, 6) is -0.575. The van der Waals surface area contributed by atoms with E-state index >= 15 is 0 Å².